The van der Waals surface area contributed by atoms with E-state index in [1.807, 2.05) is 0 Å². The van der Waals surface area contributed by atoms with Crippen LogP contribution in [0.2, 0.25) is 0 Å². The van der Waals surface area contributed by atoms with Gasteiger partial charge in [-0.3, -0.25) is 4.99 Å². The molecule has 5 nitrogen and oxygen atoms in total. The molecule has 0 radical (unpaired) electrons. The van der Waals surface area contributed by atoms with Crippen molar-refractivity contribution in [1.29, 1.82) is 0 Å². The summed E-state index contributed by atoms with van der Waals surface area (Å²) in [5.74, 6) is 1.00. The molecule has 1 atom stereocenters. The van der Waals surface area contributed by atoms with Crippen molar-refractivity contribution in [1.82, 2.24) is 0 Å². The first kappa shape index (κ1) is 12.9. The summed E-state index contributed by atoms with van der Waals surface area (Å²) in [4.78, 5) is 4.21. The van der Waals surface area contributed by atoms with Gasteiger partial charge in [0, 0.05) is 11.8 Å². The molecule has 1 heterocycles. The standard InChI is InChI=1S/C12H15NO4S/c1-17-11-2-3-12(14)9(6-11)7-13-10-4-5-18(15,16)8-10/h2-3,6-7,10,14H,4-5,8H2,1H3/t10-/m1/s1. The first-order valence-electron chi connectivity index (χ1n) is 5.61. The lowest BCUT2D eigenvalue weighted by atomic mass is 10.2. The Morgan fingerprint density at radius 3 is 2.89 bits per heavy atom. The number of hydrogen-bond donors (Lipinski definition) is 1. The molecular formula is C12H15NO4S. The fourth-order valence-electron chi connectivity index (χ4n) is 1.84. The van der Waals surface area contributed by atoms with Crippen LogP contribution in [0.5, 0.6) is 11.5 Å². The lowest BCUT2D eigenvalue weighted by Crippen LogP contribution is -2.07. The van der Waals surface area contributed by atoms with Crippen LogP contribution in [0.1, 0.15) is 12.0 Å². The van der Waals surface area contributed by atoms with Crippen molar-refractivity contribution in [2.45, 2.75) is 12.5 Å². The van der Waals surface area contributed by atoms with E-state index in [9.17, 15) is 13.5 Å². The topological polar surface area (TPSA) is 76.0 Å². The maximum absolute atomic E-state index is 11.3. The van der Waals surface area contributed by atoms with Crippen LogP contribution in [-0.4, -0.2) is 44.4 Å². The molecule has 1 N–H and O–H groups in total. The van der Waals surface area contributed by atoms with Crippen molar-refractivity contribution in [3.8, 4) is 11.5 Å². The van der Waals surface area contributed by atoms with Crippen molar-refractivity contribution in [2.75, 3.05) is 18.6 Å². The fraction of sp³-hybridized carbons (Fsp3) is 0.417. The molecule has 0 bridgehead atoms. The molecule has 1 aromatic rings. The lowest BCUT2D eigenvalue weighted by molar-refractivity contribution is 0.412. The minimum absolute atomic E-state index is 0.0915. The Morgan fingerprint density at radius 1 is 1.50 bits per heavy atom. The van der Waals surface area contributed by atoms with Gasteiger partial charge in [-0.05, 0) is 24.6 Å². The summed E-state index contributed by atoms with van der Waals surface area (Å²) in [5.41, 5.74) is 0.527. The molecule has 0 unspecified atom stereocenters. The molecule has 0 amide bonds. The summed E-state index contributed by atoms with van der Waals surface area (Å²) >= 11 is 0. The van der Waals surface area contributed by atoms with Crippen molar-refractivity contribution >= 4 is 16.1 Å². The molecule has 0 aliphatic carbocycles. The van der Waals surface area contributed by atoms with E-state index in [4.69, 9.17) is 4.74 Å². The van der Waals surface area contributed by atoms with Crippen LogP contribution < -0.4 is 4.74 Å². The molecule has 98 valence electrons. The Kier molecular flexibility index (Phi) is 3.56. The monoisotopic (exact) mass is 269 g/mol. The highest BCUT2D eigenvalue weighted by atomic mass is 32.2. The summed E-state index contributed by atoms with van der Waals surface area (Å²) in [6.45, 7) is 0. The zero-order valence-corrected chi connectivity index (χ0v) is 10.9. The first-order chi connectivity index (χ1) is 8.50. The highest BCUT2D eigenvalue weighted by Gasteiger charge is 2.26. The molecule has 1 aromatic carbocycles. The minimum Gasteiger partial charge on any atom is -0.507 e. The number of aromatic hydroxyl groups is 1. The highest BCUT2D eigenvalue weighted by molar-refractivity contribution is 7.91. The van der Waals surface area contributed by atoms with Gasteiger partial charge in [0.2, 0.25) is 0 Å². The molecular weight excluding hydrogens is 254 g/mol. The summed E-state index contributed by atoms with van der Waals surface area (Å²) in [5, 5.41) is 9.64. The lowest BCUT2D eigenvalue weighted by Gasteiger charge is -2.04. The largest absolute Gasteiger partial charge is 0.507 e. The van der Waals surface area contributed by atoms with Gasteiger partial charge in [0.05, 0.1) is 24.7 Å². The average molecular weight is 269 g/mol. The molecule has 0 saturated carbocycles. The molecule has 1 fully saturated rings. The van der Waals surface area contributed by atoms with E-state index in [0.29, 0.717) is 17.7 Å². The van der Waals surface area contributed by atoms with Gasteiger partial charge in [0.25, 0.3) is 0 Å². The van der Waals surface area contributed by atoms with E-state index >= 15 is 0 Å². The zero-order chi connectivity index (χ0) is 13.2. The van der Waals surface area contributed by atoms with Gasteiger partial charge < -0.3 is 9.84 Å². The maximum atomic E-state index is 11.3. The number of ether oxygens (including phenoxy) is 1. The molecule has 0 aromatic heterocycles. The number of phenols is 1. The van der Waals surface area contributed by atoms with Gasteiger partial charge in [0.1, 0.15) is 11.5 Å². The van der Waals surface area contributed by atoms with Crippen LogP contribution in [0.15, 0.2) is 23.2 Å². The number of phenolic OH excluding ortho intramolecular Hbond substituents is 1. The molecule has 1 saturated heterocycles. The Bertz CT molecular complexity index is 565. The van der Waals surface area contributed by atoms with E-state index in [0.717, 1.165) is 0 Å². The predicted octanol–water partition coefficient (Wildman–Crippen LogP) is 1.01. The Morgan fingerprint density at radius 2 is 2.28 bits per heavy atom. The second kappa shape index (κ2) is 4.97. The van der Waals surface area contributed by atoms with Crippen LogP contribution in [-0.2, 0) is 9.84 Å². The predicted molar refractivity (Wildman–Crippen MR) is 69.3 cm³/mol. The second-order valence-electron chi connectivity index (χ2n) is 4.26. The summed E-state index contributed by atoms with van der Waals surface area (Å²) in [6, 6.07) is 4.61. The van der Waals surface area contributed by atoms with Crippen molar-refractivity contribution in [3.05, 3.63) is 23.8 Å². The van der Waals surface area contributed by atoms with Crippen LogP contribution >= 0.6 is 0 Å². The van der Waals surface area contributed by atoms with E-state index in [2.05, 4.69) is 4.99 Å². The van der Waals surface area contributed by atoms with Gasteiger partial charge in [-0.2, -0.15) is 0 Å². The number of methoxy groups -OCH3 is 1. The average Bonchev–Trinajstić information content (AvgIpc) is 2.68. The second-order valence-corrected chi connectivity index (χ2v) is 6.49. The SMILES string of the molecule is COc1ccc(O)c(C=N[C@@H]2CCS(=O)(=O)C2)c1. The van der Waals surface area contributed by atoms with Gasteiger partial charge >= 0.3 is 0 Å². The van der Waals surface area contributed by atoms with Crippen LogP contribution in [0.4, 0.5) is 0 Å². The normalized spacial score (nSPS) is 22.4. The number of sulfone groups is 1. The molecule has 0 spiro atoms. The molecule has 1 aliphatic rings. The van der Waals surface area contributed by atoms with Gasteiger partial charge in [0.15, 0.2) is 9.84 Å². The number of nitrogens with zero attached hydrogens (tertiary/aromatic N) is 1. The van der Waals surface area contributed by atoms with Gasteiger partial charge in [-0.15, -0.1) is 0 Å². The Balaban J connectivity index is 2.14. The number of rotatable bonds is 3. The van der Waals surface area contributed by atoms with Crippen LogP contribution in [0, 0.1) is 0 Å². The molecule has 1 aliphatic heterocycles. The minimum atomic E-state index is -2.92. The Hall–Kier alpha value is -1.56. The molecule has 18 heavy (non-hydrogen) atoms. The van der Waals surface area contributed by atoms with Crippen molar-refractivity contribution in [3.63, 3.8) is 0 Å². The number of hydrogen-bond acceptors (Lipinski definition) is 5. The highest BCUT2D eigenvalue weighted by Crippen LogP contribution is 2.22. The summed E-state index contributed by atoms with van der Waals surface area (Å²) in [6.07, 6.45) is 2.05. The number of aliphatic imine (C=N–C) groups is 1. The van der Waals surface area contributed by atoms with Crippen molar-refractivity contribution < 1.29 is 18.3 Å². The fourth-order valence-corrected chi connectivity index (χ4v) is 3.48. The quantitative estimate of drug-likeness (QED) is 0.831. The van der Waals surface area contributed by atoms with E-state index < -0.39 is 9.84 Å². The summed E-state index contributed by atoms with van der Waals surface area (Å²) in [7, 11) is -1.39. The Labute approximate surface area is 106 Å². The third-order valence-electron chi connectivity index (χ3n) is 2.87. The summed E-state index contributed by atoms with van der Waals surface area (Å²) < 4.78 is 27.6. The van der Waals surface area contributed by atoms with E-state index in [1.54, 1.807) is 12.1 Å². The maximum Gasteiger partial charge on any atom is 0.152 e. The van der Waals surface area contributed by atoms with Gasteiger partial charge in [-0.1, -0.05) is 0 Å². The van der Waals surface area contributed by atoms with Crippen LogP contribution in [0.25, 0.3) is 0 Å². The van der Waals surface area contributed by atoms with Crippen LogP contribution in [0.3, 0.4) is 0 Å². The van der Waals surface area contributed by atoms with Gasteiger partial charge in [-0.25, -0.2) is 8.42 Å². The number of benzene rings is 1. The first-order valence-corrected chi connectivity index (χ1v) is 7.43. The third-order valence-corrected chi connectivity index (χ3v) is 4.62. The third kappa shape index (κ3) is 3.01. The smallest absolute Gasteiger partial charge is 0.152 e. The van der Waals surface area contributed by atoms with E-state index in [-0.39, 0.29) is 23.3 Å². The van der Waals surface area contributed by atoms with E-state index in [1.165, 1.54) is 19.4 Å². The molecule has 6 heteroatoms. The zero-order valence-electron chi connectivity index (χ0n) is 10.0. The molecule has 2 rings (SSSR count). The van der Waals surface area contributed by atoms with Crippen molar-refractivity contribution in [2.24, 2.45) is 4.99 Å².